The molecule has 0 amide bonds. The van der Waals surface area contributed by atoms with Gasteiger partial charge in [0.25, 0.3) is 0 Å². The monoisotopic (exact) mass is 412 g/mol. The average molecular weight is 414 g/mol. The van der Waals surface area contributed by atoms with E-state index in [0.717, 1.165) is 10.9 Å². The third-order valence-electron chi connectivity index (χ3n) is 5.28. The molecule has 0 spiro atoms. The van der Waals surface area contributed by atoms with Gasteiger partial charge in [0.2, 0.25) is 0 Å². The van der Waals surface area contributed by atoms with Gasteiger partial charge >= 0.3 is 0 Å². The minimum Gasteiger partial charge on any atom is -0.410 e. The maximum atomic E-state index is 6.79. The molecule has 138 valence electrons. The lowest BCUT2D eigenvalue weighted by molar-refractivity contribution is 0.169. The van der Waals surface area contributed by atoms with E-state index in [1.807, 2.05) is 0 Å². The molecule has 1 atom stereocenters. The zero-order valence-corrected chi connectivity index (χ0v) is 19.2. The minimum absolute atomic E-state index is 0.231. The largest absolute Gasteiger partial charge is 0.410 e. The van der Waals surface area contributed by atoms with Crippen molar-refractivity contribution < 1.29 is 4.43 Å². The summed E-state index contributed by atoms with van der Waals surface area (Å²) in [7, 11) is -1.76. The van der Waals surface area contributed by atoms with Crippen molar-refractivity contribution in [3.05, 3.63) is 34.3 Å². The van der Waals surface area contributed by atoms with E-state index in [1.165, 1.54) is 44.1 Å². The fourth-order valence-corrected chi connectivity index (χ4v) is 4.38. The van der Waals surface area contributed by atoms with Gasteiger partial charge in [-0.05, 0) is 42.2 Å². The standard InChI is InChI=1S/C21H37BrOSi/c1-7-8-9-10-11-12-16-20(18-14-13-15-19(22)17-18)23-24(5,6)21(2,3)4/h13-15,17,20H,7-12,16H2,1-6H3. The van der Waals surface area contributed by atoms with Crippen LogP contribution in [-0.4, -0.2) is 8.32 Å². The molecule has 0 aliphatic heterocycles. The summed E-state index contributed by atoms with van der Waals surface area (Å²) in [6.45, 7) is 14.0. The van der Waals surface area contributed by atoms with Crippen molar-refractivity contribution in [1.29, 1.82) is 0 Å². The van der Waals surface area contributed by atoms with E-state index in [2.05, 4.69) is 81.0 Å². The van der Waals surface area contributed by atoms with E-state index in [-0.39, 0.29) is 11.1 Å². The van der Waals surface area contributed by atoms with Crippen LogP contribution in [0.2, 0.25) is 18.1 Å². The molecule has 0 radical (unpaired) electrons. The second-order valence-corrected chi connectivity index (χ2v) is 14.2. The second kappa shape index (κ2) is 10.1. The van der Waals surface area contributed by atoms with Crippen LogP contribution in [0.4, 0.5) is 0 Å². The van der Waals surface area contributed by atoms with Gasteiger partial charge in [-0.2, -0.15) is 0 Å². The fraction of sp³-hybridized carbons (Fsp3) is 0.714. The Morgan fingerprint density at radius 3 is 2.25 bits per heavy atom. The third-order valence-corrected chi connectivity index (χ3v) is 10.3. The minimum atomic E-state index is -1.76. The molecule has 1 aromatic rings. The first kappa shape index (κ1) is 21.9. The smallest absolute Gasteiger partial charge is 0.192 e. The predicted molar refractivity (Wildman–Crippen MR) is 113 cm³/mol. The number of halogens is 1. The third kappa shape index (κ3) is 7.41. The second-order valence-electron chi connectivity index (χ2n) is 8.48. The highest BCUT2D eigenvalue weighted by atomic mass is 79.9. The van der Waals surface area contributed by atoms with Gasteiger partial charge in [-0.1, -0.05) is 94.3 Å². The number of benzene rings is 1. The van der Waals surface area contributed by atoms with Crippen LogP contribution in [0, 0.1) is 0 Å². The Labute approximate surface area is 159 Å². The van der Waals surface area contributed by atoms with Crippen LogP contribution in [0.25, 0.3) is 0 Å². The van der Waals surface area contributed by atoms with Crippen LogP contribution in [0.15, 0.2) is 28.7 Å². The molecule has 0 N–H and O–H groups in total. The van der Waals surface area contributed by atoms with Crippen LogP contribution in [0.3, 0.4) is 0 Å². The molecular weight excluding hydrogens is 376 g/mol. The van der Waals surface area contributed by atoms with Crippen LogP contribution >= 0.6 is 15.9 Å². The van der Waals surface area contributed by atoms with Crippen molar-refractivity contribution in [2.45, 2.75) is 96.9 Å². The van der Waals surface area contributed by atoms with Gasteiger partial charge in [-0.3, -0.25) is 0 Å². The lowest BCUT2D eigenvalue weighted by atomic mass is 10.0. The van der Waals surface area contributed by atoms with Gasteiger partial charge in [0.05, 0.1) is 6.10 Å². The van der Waals surface area contributed by atoms with Gasteiger partial charge in [0.1, 0.15) is 0 Å². The van der Waals surface area contributed by atoms with Gasteiger partial charge in [0, 0.05) is 4.47 Å². The first-order chi connectivity index (χ1) is 11.2. The molecule has 0 aromatic heterocycles. The quantitative estimate of drug-likeness (QED) is 0.277. The Balaban J connectivity index is 2.73. The molecule has 1 nitrogen and oxygen atoms in total. The first-order valence-electron chi connectivity index (χ1n) is 9.60. The Hall–Kier alpha value is -0.123. The zero-order valence-electron chi connectivity index (χ0n) is 16.6. The van der Waals surface area contributed by atoms with Crippen molar-refractivity contribution >= 4 is 24.2 Å². The summed E-state index contributed by atoms with van der Waals surface area (Å²) >= 11 is 3.62. The maximum Gasteiger partial charge on any atom is 0.192 e. The van der Waals surface area contributed by atoms with E-state index in [0.29, 0.717) is 0 Å². The van der Waals surface area contributed by atoms with E-state index < -0.39 is 8.32 Å². The number of rotatable bonds is 10. The summed E-state index contributed by atoms with van der Waals surface area (Å²) in [5, 5.41) is 0.248. The SMILES string of the molecule is CCCCCCCCC(O[Si](C)(C)C(C)(C)C)c1cccc(Br)c1. The fourth-order valence-electron chi connectivity index (χ4n) is 2.64. The molecule has 0 aliphatic carbocycles. The zero-order chi connectivity index (χ0) is 18.2. The molecular formula is C21H37BrOSi. The molecule has 1 unspecified atom stereocenters. The molecule has 0 saturated heterocycles. The molecule has 24 heavy (non-hydrogen) atoms. The number of unbranched alkanes of at least 4 members (excludes halogenated alkanes) is 5. The molecule has 0 heterocycles. The van der Waals surface area contributed by atoms with Crippen molar-refractivity contribution in [2.75, 3.05) is 0 Å². The van der Waals surface area contributed by atoms with Gasteiger partial charge in [-0.25, -0.2) is 0 Å². The highest BCUT2D eigenvalue weighted by molar-refractivity contribution is 9.10. The van der Waals surface area contributed by atoms with Crippen LogP contribution in [-0.2, 0) is 4.43 Å². The highest BCUT2D eigenvalue weighted by Gasteiger charge is 2.39. The van der Waals surface area contributed by atoms with Crippen molar-refractivity contribution in [1.82, 2.24) is 0 Å². The highest BCUT2D eigenvalue weighted by Crippen LogP contribution is 2.41. The Bertz CT molecular complexity index is 479. The Morgan fingerprint density at radius 2 is 1.67 bits per heavy atom. The molecule has 0 fully saturated rings. The molecule has 0 bridgehead atoms. The van der Waals surface area contributed by atoms with Crippen LogP contribution < -0.4 is 0 Å². The topological polar surface area (TPSA) is 9.23 Å². The Morgan fingerprint density at radius 1 is 1.04 bits per heavy atom. The van der Waals surface area contributed by atoms with Gasteiger partial charge in [0.15, 0.2) is 8.32 Å². The van der Waals surface area contributed by atoms with Gasteiger partial charge < -0.3 is 4.43 Å². The normalized spacial score (nSPS) is 14.0. The van der Waals surface area contributed by atoms with E-state index in [1.54, 1.807) is 0 Å². The first-order valence-corrected chi connectivity index (χ1v) is 13.3. The summed E-state index contributed by atoms with van der Waals surface area (Å²) in [5.41, 5.74) is 1.32. The average Bonchev–Trinajstić information content (AvgIpc) is 2.48. The van der Waals surface area contributed by atoms with Crippen molar-refractivity contribution in [3.8, 4) is 0 Å². The van der Waals surface area contributed by atoms with E-state index in [4.69, 9.17) is 4.43 Å². The Kier molecular flexibility index (Phi) is 9.25. The lowest BCUT2D eigenvalue weighted by Gasteiger charge is -2.39. The van der Waals surface area contributed by atoms with Crippen molar-refractivity contribution in [3.63, 3.8) is 0 Å². The van der Waals surface area contributed by atoms with Crippen LogP contribution in [0.1, 0.15) is 84.3 Å². The molecule has 1 aromatic carbocycles. The van der Waals surface area contributed by atoms with Gasteiger partial charge in [-0.15, -0.1) is 0 Å². The van der Waals surface area contributed by atoms with E-state index >= 15 is 0 Å². The molecule has 3 heteroatoms. The summed E-state index contributed by atoms with van der Waals surface area (Å²) < 4.78 is 7.93. The summed E-state index contributed by atoms with van der Waals surface area (Å²) in [5.74, 6) is 0. The summed E-state index contributed by atoms with van der Waals surface area (Å²) in [6.07, 6.45) is 9.37. The predicted octanol–water partition coefficient (Wildman–Crippen LogP) is 8.26. The maximum absolute atomic E-state index is 6.79. The molecule has 0 saturated carbocycles. The van der Waals surface area contributed by atoms with E-state index in [9.17, 15) is 0 Å². The molecule has 1 rings (SSSR count). The summed E-state index contributed by atoms with van der Waals surface area (Å²) in [6, 6.07) is 8.68. The summed E-state index contributed by atoms with van der Waals surface area (Å²) in [4.78, 5) is 0. The number of hydrogen-bond acceptors (Lipinski definition) is 1. The molecule has 0 aliphatic rings. The van der Waals surface area contributed by atoms with Crippen LogP contribution in [0.5, 0.6) is 0 Å². The lowest BCUT2D eigenvalue weighted by Crippen LogP contribution is -2.41. The number of hydrogen-bond donors (Lipinski definition) is 0. The van der Waals surface area contributed by atoms with Crippen molar-refractivity contribution in [2.24, 2.45) is 0 Å².